The first-order valence-corrected chi connectivity index (χ1v) is 10.4. The van der Waals surface area contributed by atoms with Crippen LogP contribution in [0.5, 0.6) is 5.75 Å². The Kier molecular flexibility index (Phi) is 10.4. The van der Waals surface area contributed by atoms with Crippen LogP contribution in [0.3, 0.4) is 0 Å². The van der Waals surface area contributed by atoms with Gasteiger partial charge in [-0.25, -0.2) is 9.38 Å². The number of guanidine groups is 1. The SMILES string of the molecule is CCNC(=NCc1ccc(O)c(F)c1)NCc1ccc(CN2CCCCC2)cc1.I. The number of aromatic hydroxyl groups is 1. The molecule has 1 saturated heterocycles. The molecule has 5 nitrogen and oxygen atoms in total. The molecule has 164 valence electrons. The zero-order valence-electron chi connectivity index (χ0n) is 17.5. The van der Waals surface area contributed by atoms with Gasteiger partial charge < -0.3 is 15.7 Å². The third-order valence-corrected chi connectivity index (χ3v) is 5.11. The summed E-state index contributed by atoms with van der Waals surface area (Å²) in [4.78, 5) is 7.03. The van der Waals surface area contributed by atoms with E-state index in [4.69, 9.17) is 0 Å². The molecule has 0 atom stereocenters. The summed E-state index contributed by atoms with van der Waals surface area (Å²) in [6, 6.07) is 13.1. The summed E-state index contributed by atoms with van der Waals surface area (Å²) in [7, 11) is 0. The zero-order chi connectivity index (χ0) is 20.5. The van der Waals surface area contributed by atoms with Gasteiger partial charge in [0.15, 0.2) is 17.5 Å². The molecule has 0 amide bonds. The summed E-state index contributed by atoms with van der Waals surface area (Å²) in [5.74, 6) is -0.287. The average Bonchev–Trinajstić information content (AvgIpc) is 2.74. The average molecular weight is 526 g/mol. The molecule has 0 radical (unpaired) electrons. The number of hydrogen-bond acceptors (Lipinski definition) is 3. The number of nitrogens with zero attached hydrogens (tertiary/aromatic N) is 2. The fourth-order valence-corrected chi connectivity index (χ4v) is 3.48. The van der Waals surface area contributed by atoms with E-state index >= 15 is 0 Å². The maximum Gasteiger partial charge on any atom is 0.191 e. The zero-order valence-corrected chi connectivity index (χ0v) is 19.9. The third kappa shape index (κ3) is 7.75. The van der Waals surface area contributed by atoms with E-state index in [0.29, 0.717) is 24.6 Å². The second-order valence-electron chi connectivity index (χ2n) is 7.49. The van der Waals surface area contributed by atoms with Gasteiger partial charge in [-0.2, -0.15) is 0 Å². The summed E-state index contributed by atoms with van der Waals surface area (Å²) in [5.41, 5.74) is 3.25. The number of halogens is 2. The lowest BCUT2D eigenvalue weighted by Gasteiger charge is -2.26. The number of benzene rings is 2. The number of phenols is 1. The molecule has 3 N–H and O–H groups in total. The Morgan fingerprint density at radius 1 is 1.00 bits per heavy atom. The molecule has 2 aromatic rings. The summed E-state index contributed by atoms with van der Waals surface area (Å²) in [6.07, 6.45) is 3.98. The fraction of sp³-hybridized carbons (Fsp3) is 0.435. The van der Waals surface area contributed by atoms with Crippen molar-refractivity contribution in [3.63, 3.8) is 0 Å². The van der Waals surface area contributed by atoms with Crippen LogP contribution in [0.25, 0.3) is 0 Å². The van der Waals surface area contributed by atoms with Gasteiger partial charge in [0, 0.05) is 19.6 Å². The van der Waals surface area contributed by atoms with Crippen LogP contribution in [0.2, 0.25) is 0 Å². The summed E-state index contributed by atoms with van der Waals surface area (Å²) in [5, 5.41) is 15.8. The first kappa shape index (κ1) is 24.4. The first-order valence-electron chi connectivity index (χ1n) is 10.4. The van der Waals surface area contributed by atoms with Crippen molar-refractivity contribution in [1.82, 2.24) is 15.5 Å². The predicted octanol–water partition coefficient (Wildman–Crippen LogP) is 4.39. The van der Waals surface area contributed by atoms with Crippen LogP contribution in [-0.4, -0.2) is 35.6 Å². The van der Waals surface area contributed by atoms with Crippen LogP contribution in [-0.2, 0) is 19.6 Å². The number of hydrogen-bond donors (Lipinski definition) is 3. The minimum atomic E-state index is -0.625. The molecule has 0 aromatic heterocycles. The van der Waals surface area contributed by atoms with Gasteiger partial charge in [0.25, 0.3) is 0 Å². The molecule has 30 heavy (non-hydrogen) atoms. The van der Waals surface area contributed by atoms with Crippen molar-refractivity contribution in [2.45, 2.75) is 45.8 Å². The van der Waals surface area contributed by atoms with Crippen molar-refractivity contribution >= 4 is 29.9 Å². The number of piperidine rings is 1. The molecule has 1 heterocycles. The Labute approximate surface area is 195 Å². The van der Waals surface area contributed by atoms with E-state index in [1.807, 2.05) is 6.92 Å². The Hall–Kier alpha value is -1.87. The lowest BCUT2D eigenvalue weighted by Crippen LogP contribution is -2.36. The van der Waals surface area contributed by atoms with E-state index in [1.165, 1.54) is 55.6 Å². The van der Waals surface area contributed by atoms with Crippen LogP contribution in [0.4, 0.5) is 4.39 Å². The molecular formula is C23H32FIN4O. The molecule has 0 spiro atoms. The molecule has 1 aliphatic heterocycles. The largest absolute Gasteiger partial charge is 0.505 e. The highest BCUT2D eigenvalue weighted by Crippen LogP contribution is 2.17. The second-order valence-corrected chi connectivity index (χ2v) is 7.49. The molecule has 0 saturated carbocycles. The van der Waals surface area contributed by atoms with Gasteiger partial charge in [0.1, 0.15) is 0 Å². The number of likely N-dealkylation sites (tertiary alicyclic amines) is 1. The van der Waals surface area contributed by atoms with Crippen molar-refractivity contribution in [2.75, 3.05) is 19.6 Å². The second kappa shape index (κ2) is 12.7. The smallest absolute Gasteiger partial charge is 0.191 e. The Balaban J connectivity index is 0.00000320. The van der Waals surface area contributed by atoms with E-state index < -0.39 is 5.82 Å². The fourth-order valence-electron chi connectivity index (χ4n) is 3.48. The maximum absolute atomic E-state index is 13.5. The van der Waals surface area contributed by atoms with Crippen LogP contribution in [0.1, 0.15) is 42.9 Å². The molecule has 0 unspecified atom stereocenters. The van der Waals surface area contributed by atoms with Gasteiger partial charge in [0.2, 0.25) is 0 Å². The van der Waals surface area contributed by atoms with Crippen molar-refractivity contribution in [2.24, 2.45) is 4.99 Å². The molecule has 1 fully saturated rings. The van der Waals surface area contributed by atoms with Gasteiger partial charge in [-0.3, -0.25) is 4.90 Å². The highest BCUT2D eigenvalue weighted by Gasteiger charge is 2.10. The van der Waals surface area contributed by atoms with Gasteiger partial charge in [-0.15, -0.1) is 24.0 Å². The molecule has 2 aromatic carbocycles. The monoisotopic (exact) mass is 526 g/mol. The van der Waals surface area contributed by atoms with Crippen LogP contribution >= 0.6 is 24.0 Å². The van der Waals surface area contributed by atoms with Gasteiger partial charge in [0.05, 0.1) is 6.54 Å². The minimum absolute atomic E-state index is 0. The van der Waals surface area contributed by atoms with Gasteiger partial charge >= 0.3 is 0 Å². The normalized spacial score (nSPS) is 14.8. The van der Waals surface area contributed by atoms with E-state index in [2.05, 4.69) is 44.8 Å². The van der Waals surface area contributed by atoms with E-state index in [0.717, 1.165) is 13.1 Å². The van der Waals surface area contributed by atoms with Crippen molar-refractivity contribution in [1.29, 1.82) is 0 Å². The third-order valence-electron chi connectivity index (χ3n) is 5.11. The predicted molar refractivity (Wildman–Crippen MR) is 131 cm³/mol. The van der Waals surface area contributed by atoms with Crippen molar-refractivity contribution < 1.29 is 9.50 Å². The molecule has 0 aliphatic carbocycles. The molecule has 1 aliphatic rings. The molecule has 3 rings (SSSR count). The van der Waals surface area contributed by atoms with Crippen LogP contribution in [0.15, 0.2) is 47.5 Å². The summed E-state index contributed by atoms with van der Waals surface area (Å²) >= 11 is 0. The Morgan fingerprint density at radius 3 is 2.33 bits per heavy atom. The first-order chi connectivity index (χ1) is 14.1. The van der Waals surface area contributed by atoms with Crippen LogP contribution in [0, 0.1) is 5.82 Å². The summed E-state index contributed by atoms with van der Waals surface area (Å²) < 4.78 is 13.5. The van der Waals surface area contributed by atoms with Crippen molar-refractivity contribution in [3.8, 4) is 5.75 Å². The summed E-state index contributed by atoms with van der Waals surface area (Å²) in [6.45, 7) is 7.19. The van der Waals surface area contributed by atoms with Gasteiger partial charge in [-0.1, -0.05) is 36.8 Å². The maximum atomic E-state index is 13.5. The highest BCUT2D eigenvalue weighted by molar-refractivity contribution is 14.0. The number of phenolic OH excluding ortho intramolecular Hbond substituents is 1. The lowest BCUT2D eigenvalue weighted by molar-refractivity contribution is 0.221. The number of rotatable bonds is 7. The number of aliphatic imine (C=N–C) groups is 1. The minimum Gasteiger partial charge on any atom is -0.505 e. The lowest BCUT2D eigenvalue weighted by atomic mass is 10.1. The van der Waals surface area contributed by atoms with Crippen molar-refractivity contribution in [3.05, 3.63) is 65.0 Å². The standard InChI is InChI=1S/C23H31FN4O.HI/c1-2-25-23(27-16-20-10-11-22(29)21(24)14-20)26-15-18-6-8-19(9-7-18)17-28-12-4-3-5-13-28;/h6-11,14,29H,2-5,12-13,15-17H2,1H3,(H2,25,26,27);1H. The quantitative estimate of drug-likeness (QED) is 0.285. The topological polar surface area (TPSA) is 59.9 Å². The van der Waals surface area contributed by atoms with Gasteiger partial charge in [-0.05, 0) is 61.7 Å². The number of nitrogens with one attached hydrogen (secondary N) is 2. The molecule has 0 bridgehead atoms. The Morgan fingerprint density at radius 2 is 1.67 bits per heavy atom. The van der Waals surface area contributed by atoms with Crippen LogP contribution < -0.4 is 10.6 Å². The molecule has 7 heteroatoms. The van der Waals surface area contributed by atoms with E-state index in [9.17, 15) is 9.50 Å². The van der Waals surface area contributed by atoms with E-state index in [-0.39, 0.29) is 29.7 Å². The highest BCUT2D eigenvalue weighted by atomic mass is 127. The van der Waals surface area contributed by atoms with E-state index in [1.54, 1.807) is 6.07 Å². The molecular weight excluding hydrogens is 494 g/mol. The Bertz CT molecular complexity index is 807.